The summed E-state index contributed by atoms with van der Waals surface area (Å²) in [6.45, 7) is 1.86. The molecule has 0 saturated carbocycles. The maximum atomic E-state index is 14.1. The fraction of sp³-hybridized carbons (Fsp3) is 0.786. The van der Waals surface area contributed by atoms with E-state index in [-0.39, 0.29) is 36.3 Å². The average Bonchev–Trinajstić information content (AvgIpc) is 2.96. The maximum absolute atomic E-state index is 14.1. The SMILES string of the molecule is CS(=O)(=O)N1CCC([C@@H](CCN2CCC(CCS(=O)(=O)C3CCN(S(=O)(=O)C(F)(F)F)CC3)CC2)c2cc(F)cc(F)c2)CC1. The summed E-state index contributed by atoms with van der Waals surface area (Å²) in [4.78, 5) is 2.25. The molecule has 1 aromatic carbocycles. The first kappa shape index (κ1) is 36.4. The van der Waals surface area contributed by atoms with Crippen molar-refractivity contribution in [3.63, 3.8) is 0 Å². The second-order valence-corrected chi connectivity index (χ2v) is 18.9. The van der Waals surface area contributed by atoms with E-state index in [4.69, 9.17) is 0 Å². The summed E-state index contributed by atoms with van der Waals surface area (Å²) in [5.41, 5.74) is -4.85. The molecule has 0 radical (unpaired) electrons. The van der Waals surface area contributed by atoms with E-state index in [9.17, 15) is 47.2 Å². The highest BCUT2D eigenvalue weighted by molar-refractivity contribution is 7.92. The summed E-state index contributed by atoms with van der Waals surface area (Å²) in [6.07, 6.45) is 4.57. The van der Waals surface area contributed by atoms with Gasteiger partial charge < -0.3 is 4.90 Å². The molecule has 258 valence electrons. The van der Waals surface area contributed by atoms with Crippen LogP contribution in [0.1, 0.15) is 62.8 Å². The van der Waals surface area contributed by atoms with Crippen LogP contribution in [0.5, 0.6) is 0 Å². The Kier molecular flexibility index (Phi) is 11.6. The maximum Gasteiger partial charge on any atom is 0.511 e. The molecule has 0 N–H and O–H groups in total. The number of halogens is 5. The Bertz CT molecular complexity index is 1460. The smallest absolute Gasteiger partial charge is 0.303 e. The van der Waals surface area contributed by atoms with Crippen molar-refractivity contribution in [1.82, 2.24) is 13.5 Å². The standard InChI is InChI=1S/C28H42F5N3O6S3/c1-43(37,38)35-13-4-22(5-14-35)27(23-18-24(29)20-25(30)19-23)8-12-34-10-2-21(3-11-34)9-17-44(39,40)26-6-15-36(16-7-26)45(41,42)28(31,32)33/h18-22,26-27H,2-17H2,1H3/t27-/m1/s1. The molecule has 0 bridgehead atoms. The lowest BCUT2D eigenvalue weighted by Gasteiger charge is -2.37. The summed E-state index contributed by atoms with van der Waals surface area (Å²) in [7, 11) is -12.4. The van der Waals surface area contributed by atoms with E-state index in [0.717, 1.165) is 32.0 Å². The number of sulfone groups is 1. The largest absolute Gasteiger partial charge is 0.511 e. The molecule has 3 heterocycles. The third-order valence-corrected chi connectivity index (χ3v) is 14.9. The van der Waals surface area contributed by atoms with Crippen LogP contribution in [0.15, 0.2) is 18.2 Å². The number of nitrogens with zero attached hydrogens (tertiary/aromatic N) is 3. The van der Waals surface area contributed by atoms with Gasteiger partial charge in [0.1, 0.15) is 11.6 Å². The second kappa shape index (κ2) is 14.4. The van der Waals surface area contributed by atoms with Crippen molar-refractivity contribution in [3.8, 4) is 0 Å². The molecule has 1 aromatic rings. The van der Waals surface area contributed by atoms with Gasteiger partial charge in [-0.15, -0.1) is 0 Å². The van der Waals surface area contributed by atoms with Crippen molar-refractivity contribution in [2.75, 3.05) is 57.8 Å². The highest BCUT2D eigenvalue weighted by Crippen LogP contribution is 2.37. The monoisotopic (exact) mass is 707 g/mol. The van der Waals surface area contributed by atoms with Crippen molar-refractivity contribution < 1.29 is 47.2 Å². The van der Waals surface area contributed by atoms with Crippen molar-refractivity contribution in [2.24, 2.45) is 11.8 Å². The number of rotatable bonds is 11. The van der Waals surface area contributed by atoms with Crippen LogP contribution in [0.4, 0.5) is 22.0 Å². The zero-order valence-electron chi connectivity index (χ0n) is 25.3. The number of benzene rings is 1. The third-order valence-electron chi connectivity index (χ3n) is 9.67. The highest BCUT2D eigenvalue weighted by atomic mass is 32.2. The van der Waals surface area contributed by atoms with Gasteiger partial charge in [-0.25, -0.2) is 38.3 Å². The van der Waals surface area contributed by atoms with Crippen LogP contribution in [0.25, 0.3) is 0 Å². The highest BCUT2D eigenvalue weighted by Gasteiger charge is 2.51. The fourth-order valence-corrected chi connectivity index (χ4v) is 10.8. The molecular formula is C28H42F5N3O6S3. The van der Waals surface area contributed by atoms with Gasteiger partial charge in [-0.1, -0.05) is 0 Å². The van der Waals surface area contributed by atoms with Crippen LogP contribution in [0.2, 0.25) is 0 Å². The normalized spacial score (nSPS) is 22.5. The van der Waals surface area contributed by atoms with Crippen LogP contribution < -0.4 is 0 Å². The van der Waals surface area contributed by atoms with E-state index in [1.807, 2.05) is 0 Å². The molecule has 17 heteroatoms. The molecule has 0 spiro atoms. The number of sulfonamides is 2. The van der Waals surface area contributed by atoms with Gasteiger partial charge in [0, 0.05) is 32.2 Å². The number of alkyl halides is 3. The number of hydrogen-bond acceptors (Lipinski definition) is 7. The lowest BCUT2D eigenvalue weighted by molar-refractivity contribution is -0.0493. The first-order valence-electron chi connectivity index (χ1n) is 15.3. The predicted molar refractivity (Wildman–Crippen MR) is 160 cm³/mol. The van der Waals surface area contributed by atoms with Gasteiger partial charge in [0.2, 0.25) is 10.0 Å². The Morgan fingerprint density at radius 3 is 1.82 bits per heavy atom. The molecule has 1 atom stereocenters. The molecule has 0 amide bonds. The van der Waals surface area contributed by atoms with Gasteiger partial charge in [0.15, 0.2) is 9.84 Å². The minimum absolute atomic E-state index is 0.0624. The summed E-state index contributed by atoms with van der Waals surface area (Å²) < 4.78 is 142. The molecule has 0 unspecified atom stereocenters. The predicted octanol–water partition coefficient (Wildman–Crippen LogP) is 3.94. The van der Waals surface area contributed by atoms with Gasteiger partial charge >= 0.3 is 15.5 Å². The van der Waals surface area contributed by atoms with Crippen LogP contribution in [-0.2, 0) is 29.9 Å². The molecule has 3 fully saturated rings. The zero-order chi connectivity index (χ0) is 33.2. The quantitative estimate of drug-likeness (QED) is 0.321. The van der Waals surface area contributed by atoms with E-state index in [1.165, 1.54) is 22.7 Å². The molecule has 4 rings (SSSR count). The summed E-state index contributed by atoms with van der Waals surface area (Å²) >= 11 is 0. The molecule has 3 aliphatic heterocycles. The summed E-state index contributed by atoms with van der Waals surface area (Å²) in [5.74, 6) is -1.36. The number of piperidine rings is 3. The van der Waals surface area contributed by atoms with E-state index in [1.54, 1.807) is 0 Å². The minimum atomic E-state index is -5.47. The average molecular weight is 708 g/mol. The van der Waals surface area contributed by atoms with E-state index in [0.29, 0.717) is 55.2 Å². The lowest BCUT2D eigenvalue weighted by Crippen LogP contribution is -2.47. The topological polar surface area (TPSA) is 112 Å². The van der Waals surface area contributed by atoms with Gasteiger partial charge in [0.05, 0.1) is 17.3 Å². The molecular weight excluding hydrogens is 666 g/mol. The van der Waals surface area contributed by atoms with Crippen LogP contribution in [-0.4, -0.2) is 107 Å². The van der Waals surface area contributed by atoms with Gasteiger partial charge in [-0.05, 0) is 106 Å². The summed E-state index contributed by atoms with van der Waals surface area (Å²) in [5, 5.41) is -0.869. The third kappa shape index (κ3) is 9.36. The van der Waals surface area contributed by atoms with Gasteiger partial charge in [0.25, 0.3) is 0 Å². The van der Waals surface area contributed by atoms with E-state index >= 15 is 0 Å². The van der Waals surface area contributed by atoms with Crippen molar-refractivity contribution >= 4 is 29.9 Å². The molecule has 0 aromatic heterocycles. The fourth-order valence-electron chi connectivity index (χ4n) is 6.97. The molecule has 0 aliphatic carbocycles. The Balaban J connectivity index is 1.26. The Hall–Kier alpha value is -1.40. The minimum Gasteiger partial charge on any atom is -0.303 e. The molecule has 9 nitrogen and oxygen atoms in total. The van der Waals surface area contributed by atoms with E-state index < -0.39 is 65.4 Å². The Morgan fingerprint density at radius 2 is 1.31 bits per heavy atom. The van der Waals surface area contributed by atoms with Crippen LogP contribution in [0.3, 0.4) is 0 Å². The molecule has 3 saturated heterocycles. The Labute approximate surface area is 263 Å². The van der Waals surface area contributed by atoms with Crippen molar-refractivity contribution in [3.05, 3.63) is 35.4 Å². The van der Waals surface area contributed by atoms with Gasteiger partial charge in [-0.3, -0.25) is 0 Å². The second-order valence-electron chi connectivity index (χ2n) is 12.6. The first-order chi connectivity index (χ1) is 20.9. The molecule has 3 aliphatic rings. The lowest BCUT2D eigenvalue weighted by atomic mass is 9.78. The van der Waals surface area contributed by atoms with Crippen LogP contribution in [0, 0.1) is 23.5 Å². The van der Waals surface area contributed by atoms with E-state index in [2.05, 4.69) is 4.90 Å². The first-order valence-corrected chi connectivity index (χ1v) is 20.3. The zero-order valence-corrected chi connectivity index (χ0v) is 27.7. The number of hydrogen-bond donors (Lipinski definition) is 0. The van der Waals surface area contributed by atoms with Crippen molar-refractivity contribution in [1.29, 1.82) is 0 Å². The molecule has 45 heavy (non-hydrogen) atoms. The van der Waals surface area contributed by atoms with Crippen molar-refractivity contribution in [2.45, 2.75) is 68.0 Å². The van der Waals surface area contributed by atoms with Crippen LogP contribution >= 0.6 is 0 Å². The summed E-state index contributed by atoms with van der Waals surface area (Å²) in [6, 6.07) is 3.53. The van der Waals surface area contributed by atoms with Gasteiger partial charge in [-0.2, -0.15) is 17.5 Å². The number of likely N-dealkylation sites (tertiary alicyclic amines) is 1. The Morgan fingerprint density at radius 1 is 0.778 bits per heavy atom.